The van der Waals surface area contributed by atoms with E-state index in [-0.39, 0.29) is 6.71 Å². The summed E-state index contributed by atoms with van der Waals surface area (Å²) in [5, 5.41) is 2.26. The summed E-state index contributed by atoms with van der Waals surface area (Å²) in [7, 11) is 0. The third kappa shape index (κ3) is 9.34. The molecule has 2 aliphatic rings. The SMILES string of the molecule is c1ccc(-c2ccc3c(c2)c2ccccc2n3-c2ccc(-c3nc(-c4ccccc4)nc(-c4ccccc4)n3)cc2-c2nc(-c3ccccc3)nc(-c3ccc(-c4ccc(N5c6ccccc6B6c7ccccc7N(c7ccccc7)c7cccc5c76)cc4)cc3)n2)cc1. The zero-order chi connectivity index (χ0) is 62.1. The van der Waals surface area contributed by atoms with Gasteiger partial charge in [0.15, 0.2) is 34.9 Å². The van der Waals surface area contributed by atoms with E-state index in [2.05, 4.69) is 263 Å². The fourth-order valence-corrected chi connectivity index (χ4v) is 14.0. The van der Waals surface area contributed by atoms with Gasteiger partial charge in [0.1, 0.15) is 0 Å². The Kier molecular flexibility index (Phi) is 13.1. The molecule has 0 saturated heterocycles. The van der Waals surface area contributed by atoms with Crippen LogP contribution in [0.3, 0.4) is 0 Å². The largest absolute Gasteiger partial charge is 0.311 e. The van der Waals surface area contributed by atoms with Gasteiger partial charge in [0, 0.05) is 78.3 Å². The van der Waals surface area contributed by atoms with Gasteiger partial charge in [-0.3, -0.25) is 0 Å². The first kappa shape index (κ1) is 54.3. The average Bonchev–Trinajstić information content (AvgIpc) is 1.18. The Morgan fingerprint density at radius 2 is 0.596 bits per heavy atom. The summed E-state index contributed by atoms with van der Waals surface area (Å²) in [6, 6.07) is 116. The van der Waals surface area contributed by atoms with E-state index in [1.807, 2.05) is 78.9 Å². The number of hydrogen-bond acceptors (Lipinski definition) is 8. The first-order chi connectivity index (χ1) is 46.6. The molecule has 94 heavy (non-hydrogen) atoms. The Hall–Kier alpha value is -12.7. The Morgan fingerprint density at radius 3 is 1.15 bits per heavy atom. The van der Waals surface area contributed by atoms with E-state index in [1.165, 1.54) is 39.1 Å². The molecule has 18 rings (SSSR count). The molecule has 0 unspecified atom stereocenters. The minimum atomic E-state index is 0.0716. The maximum absolute atomic E-state index is 5.51. The average molecular weight is 1200 g/mol. The minimum absolute atomic E-state index is 0.0716. The summed E-state index contributed by atoms with van der Waals surface area (Å²) in [4.78, 5) is 36.6. The van der Waals surface area contributed by atoms with Gasteiger partial charge in [-0.15, -0.1) is 0 Å². The van der Waals surface area contributed by atoms with Crippen LogP contribution in [0.25, 0.3) is 118 Å². The highest BCUT2D eigenvalue weighted by Gasteiger charge is 2.43. The zero-order valence-electron chi connectivity index (χ0n) is 50.8. The summed E-state index contributed by atoms with van der Waals surface area (Å²) in [5.74, 6) is 3.25. The summed E-state index contributed by atoms with van der Waals surface area (Å²) in [6.07, 6.45) is 0. The Labute approximate surface area is 544 Å². The van der Waals surface area contributed by atoms with Gasteiger partial charge in [-0.05, 0) is 124 Å². The smallest absolute Gasteiger partial charge is 0.252 e. The van der Waals surface area contributed by atoms with Gasteiger partial charge in [0.05, 0.1) is 16.7 Å². The van der Waals surface area contributed by atoms with Gasteiger partial charge in [-0.25, -0.2) is 29.9 Å². The fraction of sp³-hybridized carbons (Fsp3) is 0. The van der Waals surface area contributed by atoms with E-state index in [0.717, 1.165) is 94.5 Å². The quantitative estimate of drug-likeness (QED) is 0.118. The van der Waals surface area contributed by atoms with Gasteiger partial charge in [0.25, 0.3) is 6.71 Å². The van der Waals surface area contributed by atoms with E-state index >= 15 is 0 Å². The van der Waals surface area contributed by atoms with Crippen LogP contribution >= 0.6 is 0 Å². The van der Waals surface area contributed by atoms with Gasteiger partial charge >= 0.3 is 0 Å². The summed E-state index contributed by atoms with van der Waals surface area (Å²) < 4.78 is 2.34. The molecule has 438 valence electrons. The molecule has 13 aromatic carbocycles. The molecule has 3 aromatic heterocycles. The number of hydrogen-bond donors (Lipinski definition) is 0. The molecule has 0 aliphatic carbocycles. The van der Waals surface area contributed by atoms with Crippen molar-refractivity contribution < 1.29 is 0 Å². The van der Waals surface area contributed by atoms with Gasteiger partial charge in [-0.1, -0.05) is 243 Å². The van der Waals surface area contributed by atoms with Crippen LogP contribution < -0.4 is 26.2 Å². The number of fused-ring (bicyclic) bond motifs is 7. The van der Waals surface area contributed by atoms with E-state index in [0.29, 0.717) is 34.9 Å². The molecule has 9 nitrogen and oxygen atoms in total. The molecule has 16 aromatic rings. The molecule has 2 aliphatic heterocycles. The Morgan fingerprint density at radius 1 is 0.223 bits per heavy atom. The molecular weight excluding hydrogens is 1150 g/mol. The third-order valence-corrected chi connectivity index (χ3v) is 18.3. The second-order valence-corrected chi connectivity index (χ2v) is 23.8. The minimum Gasteiger partial charge on any atom is -0.311 e. The lowest BCUT2D eigenvalue weighted by atomic mass is 9.33. The number of para-hydroxylation sites is 4. The topological polar surface area (TPSA) is 88.7 Å². The van der Waals surface area contributed by atoms with E-state index < -0.39 is 0 Å². The third-order valence-electron chi connectivity index (χ3n) is 18.3. The van der Waals surface area contributed by atoms with Crippen LogP contribution in [-0.4, -0.2) is 41.2 Å². The van der Waals surface area contributed by atoms with Crippen molar-refractivity contribution in [2.24, 2.45) is 0 Å². The molecule has 0 radical (unpaired) electrons. The van der Waals surface area contributed by atoms with Gasteiger partial charge in [0.2, 0.25) is 0 Å². The number of rotatable bonds is 11. The maximum Gasteiger partial charge on any atom is 0.252 e. The van der Waals surface area contributed by atoms with E-state index in [1.54, 1.807) is 0 Å². The lowest BCUT2D eigenvalue weighted by Gasteiger charge is -2.44. The van der Waals surface area contributed by atoms with Crippen molar-refractivity contribution in [3.8, 4) is 96.3 Å². The number of nitrogens with zero attached hydrogens (tertiary/aromatic N) is 9. The van der Waals surface area contributed by atoms with Crippen molar-refractivity contribution in [2.45, 2.75) is 0 Å². The van der Waals surface area contributed by atoms with Crippen LogP contribution in [0.15, 0.2) is 328 Å². The molecule has 0 saturated carbocycles. The van der Waals surface area contributed by atoms with Crippen molar-refractivity contribution in [1.29, 1.82) is 0 Å². The first-order valence-corrected chi connectivity index (χ1v) is 31.7. The van der Waals surface area contributed by atoms with Crippen molar-refractivity contribution in [1.82, 2.24) is 34.5 Å². The second kappa shape index (κ2) is 22.7. The van der Waals surface area contributed by atoms with Crippen molar-refractivity contribution in [3.63, 3.8) is 0 Å². The normalized spacial score (nSPS) is 12.2. The van der Waals surface area contributed by atoms with Crippen LogP contribution in [0.4, 0.5) is 34.1 Å². The number of anilines is 6. The summed E-state index contributed by atoms with van der Waals surface area (Å²) in [6.45, 7) is 0.0716. The van der Waals surface area contributed by atoms with Crippen molar-refractivity contribution in [2.75, 3.05) is 9.80 Å². The highest BCUT2D eigenvalue weighted by molar-refractivity contribution is 7.00. The van der Waals surface area contributed by atoms with Crippen molar-refractivity contribution >= 4 is 79.0 Å². The van der Waals surface area contributed by atoms with Gasteiger partial charge < -0.3 is 14.4 Å². The second-order valence-electron chi connectivity index (χ2n) is 23.8. The molecule has 0 amide bonds. The van der Waals surface area contributed by atoms with E-state index in [9.17, 15) is 0 Å². The highest BCUT2D eigenvalue weighted by Crippen LogP contribution is 2.45. The number of aromatic nitrogens is 7. The first-order valence-electron chi connectivity index (χ1n) is 31.7. The monoisotopic (exact) mass is 1200 g/mol. The van der Waals surface area contributed by atoms with Crippen LogP contribution in [0, 0.1) is 0 Å². The molecule has 10 heteroatoms. The molecule has 0 atom stereocenters. The maximum atomic E-state index is 5.51. The van der Waals surface area contributed by atoms with Gasteiger partial charge in [-0.2, -0.15) is 0 Å². The van der Waals surface area contributed by atoms with Crippen LogP contribution in [0.1, 0.15) is 0 Å². The van der Waals surface area contributed by atoms with Crippen molar-refractivity contribution in [3.05, 3.63) is 328 Å². The lowest BCUT2D eigenvalue weighted by molar-refractivity contribution is 1.06. The summed E-state index contributed by atoms with van der Waals surface area (Å²) in [5.41, 5.74) is 23.3. The Bertz CT molecular complexity index is 5500. The highest BCUT2D eigenvalue weighted by atomic mass is 15.2. The molecule has 5 heterocycles. The van der Waals surface area contributed by atoms with Crippen LogP contribution in [-0.2, 0) is 0 Å². The Balaban J connectivity index is 0.763. The van der Waals surface area contributed by atoms with Crippen LogP contribution in [0.2, 0.25) is 0 Å². The summed E-state index contributed by atoms with van der Waals surface area (Å²) >= 11 is 0. The molecule has 0 fully saturated rings. The number of benzene rings is 13. The van der Waals surface area contributed by atoms with E-state index in [4.69, 9.17) is 29.9 Å². The standard InChI is InChI=1S/C84H54BN9/c1-6-23-55(24-7-1)62-47-51-72-67(53-62)66-33-16-19-36-71(66)94(72)73-52-48-63(83-88-79(58-25-8-2-9-26-58)86-80(89-83)59-27-10-3-11-28-59)54-68(73)84-90-81(60-29-12-4-13-30-60)87-82(91-84)61-43-41-56(42-44-61)57-45-49-65(50-46-57)93-75-38-21-18-35-70(75)85-69-34-17-20-37-74(69)92(64-31-14-5-15-32-64)76-39-22-40-77(93)78(76)85/h1-54H. The fourth-order valence-electron chi connectivity index (χ4n) is 14.0. The predicted molar refractivity (Wildman–Crippen MR) is 385 cm³/mol. The molecule has 0 bridgehead atoms. The molecular formula is C84H54BN9. The zero-order valence-corrected chi connectivity index (χ0v) is 50.8. The predicted octanol–water partition coefficient (Wildman–Crippen LogP) is 18.6. The molecule has 0 N–H and O–H groups in total. The lowest BCUT2D eigenvalue weighted by Crippen LogP contribution is -2.61. The van der Waals surface area contributed by atoms with Crippen LogP contribution in [0.5, 0.6) is 0 Å². The molecule has 0 spiro atoms.